The van der Waals surface area contributed by atoms with Crippen LogP contribution in [0.2, 0.25) is 0 Å². The lowest BCUT2D eigenvalue weighted by atomic mass is 10.2. The number of hydrogen-bond donors (Lipinski definition) is 1. The Morgan fingerprint density at radius 1 is 0.667 bits per heavy atom. The number of para-hydroxylation sites is 2. The van der Waals surface area contributed by atoms with Crippen molar-refractivity contribution in [2.75, 3.05) is 5.32 Å². The fraction of sp³-hybridized carbons (Fsp3) is 0.250. The molecule has 3 rings (SSSR count). The first-order chi connectivity index (χ1) is 8.93. The molecule has 0 atom stereocenters. The summed E-state index contributed by atoms with van der Waals surface area (Å²) in [6.45, 7) is 8.00. The number of benzene rings is 2. The fourth-order valence-corrected chi connectivity index (χ4v) is 2.90. The van der Waals surface area contributed by atoms with E-state index in [2.05, 4.69) is 53.8 Å². The van der Waals surface area contributed by atoms with E-state index in [9.17, 15) is 0 Å². The first kappa shape index (κ1) is 14.7. The van der Waals surface area contributed by atoms with Gasteiger partial charge >= 0.3 is 0 Å². The summed E-state index contributed by atoms with van der Waals surface area (Å²) in [7, 11) is 0.781. The topological polar surface area (TPSA) is 12.0 Å². The highest BCUT2D eigenvalue weighted by molar-refractivity contribution is 7.56. The van der Waals surface area contributed by atoms with Crippen molar-refractivity contribution in [1.82, 2.24) is 0 Å². The maximum absolute atomic E-state index is 3.45. The molecule has 1 heterocycles. The second-order valence-corrected chi connectivity index (χ2v) is 4.67. The van der Waals surface area contributed by atoms with E-state index in [-0.39, 0.29) is 0 Å². The SMILES string of the molecule is CC.CC.c1ccc2c(c1)Nc1ccccc1P2. The van der Waals surface area contributed by atoms with Gasteiger partial charge in [0, 0.05) is 22.0 Å². The van der Waals surface area contributed by atoms with Crippen molar-refractivity contribution in [3.05, 3.63) is 48.5 Å². The molecule has 1 aliphatic heterocycles. The third-order valence-corrected chi connectivity index (χ3v) is 3.80. The largest absolute Gasteiger partial charge is 0.354 e. The maximum Gasteiger partial charge on any atom is 0.0463 e. The molecule has 1 N–H and O–H groups in total. The summed E-state index contributed by atoms with van der Waals surface area (Å²) in [5.41, 5.74) is 2.51. The minimum atomic E-state index is 0.781. The molecule has 1 nitrogen and oxygen atoms in total. The van der Waals surface area contributed by atoms with Crippen LogP contribution in [0.4, 0.5) is 11.4 Å². The van der Waals surface area contributed by atoms with Crippen LogP contribution in [0.1, 0.15) is 27.7 Å². The van der Waals surface area contributed by atoms with Crippen molar-refractivity contribution >= 4 is 30.6 Å². The normalized spacial score (nSPS) is 10.4. The molecule has 0 saturated carbocycles. The van der Waals surface area contributed by atoms with Crippen LogP contribution < -0.4 is 15.9 Å². The van der Waals surface area contributed by atoms with Crippen LogP contribution in [0.25, 0.3) is 0 Å². The van der Waals surface area contributed by atoms with Gasteiger partial charge in [0.2, 0.25) is 0 Å². The molecule has 0 aliphatic carbocycles. The van der Waals surface area contributed by atoms with Crippen molar-refractivity contribution in [1.29, 1.82) is 0 Å². The number of rotatable bonds is 0. The van der Waals surface area contributed by atoms with E-state index >= 15 is 0 Å². The molecule has 0 unspecified atom stereocenters. The summed E-state index contributed by atoms with van der Waals surface area (Å²) >= 11 is 0. The standard InChI is InChI=1S/C12H10NP.2C2H6/c1-3-7-11-9(5-1)13-10-6-2-4-8-12(10)14-11;2*1-2/h1-8,13-14H;2*1-2H3. The van der Waals surface area contributed by atoms with Crippen molar-refractivity contribution in [2.45, 2.75) is 27.7 Å². The molecule has 1 aliphatic rings. The van der Waals surface area contributed by atoms with Gasteiger partial charge in [-0.05, 0) is 12.1 Å². The Bertz CT molecular complexity index is 393. The van der Waals surface area contributed by atoms with Crippen molar-refractivity contribution < 1.29 is 0 Å². The predicted octanol–water partition coefficient (Wildman–Crippen LogP) is 4.43. The van der Waals surface area contributed by atoms with Crippen LogP contribution in [-0.2, 0) is 0 Å². The van der Waals surface area contributed by atoms with Crippen LogP contribution >= 0.6 is 8.58 Å². The molecular formula is C16H22NP. The van der Waals surface area contributed by atoms with Gasteiger partial charge in [-0.3, -0.25) is 0 Å². The summed E-state index contributed by atoms with van der Waals surface area (Å²) < 4.78 is 0. The Morgan fingerprint density at radius 2 is 1.06 bits per heavy atom. The molecule has 96 valence electrons. The van der Waals surface area contributed by atoms with Gasteiger partial charge in [0.15, 0.2) is 0 Å². The first-order valence-corrected chi connectivity index (χ1v) is 7.65. The second kappa shape index (κ2) is 7.89. The molecule has 2 heteroatoms. The van der Waals surface area contributed by atoms with Crippen LogP contribution in [0.5, 0.6) is 0 Å². The van der Waals surface area contributed by atoms with Crippen LogP contribution in [0.15, 0.2) is 48.5 Å². The van der Waals surface area contributed by atoms with Crippen molar-refractivity contribution in [3.8, 4) is 0 Å². The van der Waals surface area contributed by atoms with Gasteiger partial charge in [0.25, 0.3) is 0 Å². The zero-order chi connectivity index (χ0) is 13.4. The van der Waals surface area contributed by atoms with Crippen LogP contribution in [0, 0.1) is 0 Å². The molecule has 2 aromatic rings. The van der Waals surface area contributed by atoms with E-state index in [1.807, 2.05) is 27.7 Å². The third-order valence-electron chi connectivity index (χ3n) is 2.39. The quantitative estimate of drug-likeness (QED) is 0.589. The fourth-order valence-electron chi connectivity index (χ4n) is 1.69. The number of hydrogen-bond acceptors (Lipinski definition) is 1. The summed E-state index contributed by atoms with van der Waals surface area (Å²) in [6.07, 6.45) is 0. The van der Waals surface area contributed by atoms with E-state index in [0.717, 1.165) is 8.58 Å². The van der Waals surface area contributed by atoms with Gasteiger partial charge in [0.05, 0.1) is 0 Å². The minimum Gasteiger partial charge on any atom is -0.354 e. The molecular weight excluding hydrogens is 237 g/mol. The van der Waals surface area contributed by atoms with Gasteiger partial charge in [-0.25, -0.2) is 0 Å². The molecule has 0 fully saturated rings. The lowest BCUT2D eigenvalue weighted by molar-refractivity contribution is 1.50. The lowest BCUT2D eigenvalue weighted by Crippen LogP contribution is -2.17. The van der Waals surface area contributed by atoms with Crippen LogP contribution in [0.3, 0.4) is 0 Å². The average molecular weight is 259 g/mol. The van der Waals surface area contributed by atoms with E-state index in [1.165, 1.54) is 22.0 Å². The predicted molar refractivity (Wildman–Crippen MR) is 86.4 cm³/mol. The highest BCUT2D eigenvalue weighted by Crippen LogP contribution is 2.28. The third kappa shape index (κ3) is 3.34. The van der Waals surface area contributed by atoms with E-state index in [1.54, 1.807) is 0 Å². The average Bonchev–Trinajstić information content (AvgIpc) is 2.49. The molecule has 0 spiro atoms. The molecule has 0 bridgehead atoms. The van der Waals surface area contributed by atoms with Gasteiger partial charge in [-0.1, -0.05) is 72.7 Å². The minimum absolute atomic E-state index is 0.781. The first-order valence-electron chi connectivity index (χ1n) is 6.65. The number of anilines is 2. The summed E-state index contributed by atoms with van der Waals surface area (Å²) in [6, 6.07) is 17.0. The highest BCUT2D eigenvalue weighted by Gasteiger charge is 2.12. The Labute approximate surface area is 112 Å². The van der Waals surface area contributed by atoms with E-state index in [4.69, 9.17) is 0 Å². The summed E-state index contributed by atoms with van der Waals surface area (Å²) in [5, 5.41) is 6.26. The molecule has 18 heavy (non-hydrogen) atoms. The number of fused-ring (bicyclic) bond motifs is 2. The molecule has 2 aromatic carbocycles. The Kier molecular flexibility index (Phi) is 6.46. The van der Waals surface area contributed by atoms with Crippen LogP contribution in [-0.4, -0.2) is 0 Å². The smallest absolute Gasteiger partial charge is 0.0463 e. The van der Waals surface area contributed by atoms with E-state index < -0.39 is 0 Å². The Morgan fingerprint density at radius 3 is 1.50 bits per heavy atom. The van der Waals surface area contributed by atoms with Gasteiger partial charge in [-0.15, -0.1) is 0 Å². The summed E-state index contributed by atoms with van der Waals surface area (Å²) in [4.78, 5) is 0. The lowest BCUT2D eigenvalue weighted by Gasteiger charge is -2.20. The zero-order valence-electron chi connectivity index (χ0n) is 11.6. The maximum atomic E-state index is 3.45. The summed E-state index contributed by atoms with van der Waals surface area (Å²) in [5.74, 6) is 0. The van der Waals surface area contributed by atoms with Gasteiger partial charge in [0.1, 0.15) is 0 Å². The van der Waals surface area contributed by atoms with E-state index in [0.29, 0.717) is 0 Å². The Balaban J connectivity index is 0.000000371. The van der Waals surface area contributed by atoms with Gasteiger partial charge < -0.3 is 5.32 Å². The Hall–Kier alpha value is -1.33. The van der Waals surface area contributed by atoms with Gasteiger partial charge in [-0.2, -0.15) is 0 Å². The molecule has 0 radical (unpaired) electrons. The highest BCUT2D eigenvalue weighted by atomic mass is 31.1. The molecule has 0 amide bonds. The van der Waals surface area contributed by atoms with Crippen molar-refractivity contribution in [2.24, 2.45) is 0 Å². The van der Waals surface area contributed by atoms with Crippen molar-refractivity contribution in [3.63, 3.8) is 0 Å². The molecule has 0 saturated heterocycles. The second-order valence-electron chi connectivity index (χ2n) is 3.34. The monoisotopic (exact) mass is 259 g/mol. The molecule has 0 aromatic heterocycles. The number of nitrogens with one attached hydrogen (secondary N) is 1. The zero-order valence-corrected chi connectivity index (χ0v) is 12.6.